The third kappa shape index (κ3) is 4.46. The van der Waals surface area contributed by atoms with Gasteiger partial charge in [-0.3, -0.25) is 0 Å². The van der Waals surface area contributed by atoms with Crippen molar-refractivity contribution >= 4 is 17.6 Å². The average Bonchev–Trinajstić information content (AvgIpc) is 2.98. The molecular formula is C20H20ClN3O3. The molecule has 2 heterocycles. The molecule has 140 valence electrons. The molecule has 0 aliphatic rings. The number of benzene rings is 1. The number of hydrogen-bond donors (Lipinski definition) is 0. The normalized spacial score (nSPS) is 10.7. The smallest absolute Gasteiger partial charge is 0.358 e. The Kier molecular flexibility index (Phi) is 5.76. The standard InChI is InChI=1S/C20H20ClN3O3/c1-13-6-4-5-7-17(13)26-10-11-27-20(25)19-16(21)8-9-18(22-19)24-15(3)12-14(2)23-24/h4-9,12H,10-11H2,1-3H3. The number of carbonyl (C=O) groups is 1. The van der Waals surface area contributed by atoms with Crippen LogP contribution in [0.2, 0.25) is 5.02 Å². The Balaban J connectivity index is 1.65. The third-order valence-corrected chi connectivity index (χ3v) is 4.22. The maximum atomic E-state index is 12.4. The van der Waals surface area contributed by atoms with E-state index in [4.69, 9.17) is 21.1 Å². The van der Waals surface area contributed by atoms with Crippen LogP contribution in [-0.4, -0.2) is 33.9 Å². The number of rotatable bonds is 6. The van der Waals surface area contributed by atoms with E-state index in [1.165, 1.54) is 0 Å². The molecule has 0 fully saturated rings. The fourth-order valence-corrected chi connectivity index (χ4v) is 2.81. The Labute approximate surface area is 162 Å². The SMILES string of the molecule is Cc1cc(C)n(-c2ccc(Cl)c(C(=O)OCCOc3ccccc3C)n2)n1. The van der Waals surface area contributed by atoms with Crippen molar-refractivity contribution in [3.05, 3.63) is 70.1 Å². The number of para-hydroxylation sites is 1. The summed E-state index contributed by atoms with van der Waals surface area (Å²) in [5.41, 5.74) is 2.85. The molecule has 0 aliphatic carbocycles. The predicted octanol–water partition coefficient (Wildman–Crippen LogP) is 4.08. The van der Waals surface area contributed by atoms with Gasteiger partial charge >= 0.3 is 5.97 Å². The summed E-state index contributed by atoms with van der Waals surface area (Å²) in [6.45, 7) is 6.09. The molecule has 27 heavy (non-hydrogen) atoms. The highest BCUT2D eigenvalue weighted by molar-refractivity contribution is 6.33. The molecule has 0 saturated carbocycles. The van der Waals surface area contributed by atoms with Crippen molar-refractivity contribution in [3.63, 3.8) is 0 Å². The number of pyridine rings is 1. The van der Waals surface area contributed by atoms with Crippen LogP contribution >= 0.6 is 11.6 Å². The molecule has 0 spiro atoms. The van der Waals surface area contributed by atoms with E-state index >= 15 is 0 Å². The van der Waals surface area contributed by atoms with Gasteiger partial charge in [0.15, 0.2) is 11.5 Å². The summed E-state index contributed by atoms with van der Waals surface area (Å²) in [5.74, 6) is 0.668. The second kappa shape index (κ2) is 8.22. The molecule has 0 aliphatic heterocycles. The summed E-state index contributed by atoms with van der Waals surface area (Å²) < 4.78 is 12.5. The summed E-state index contributed by atoms with van der Waals surface area (Å²) in [6.07, 6.45) is 0. The predicted molar refractivity (Wildman–Crippen MR) is 103 cm³/mol. The summed E-state index contributed by atoms with van der Waals surface area (Å²) in [7, 11) is 0. The molecule has 7 heteroatoms. The van der Waals surface area contributed by atoms with Gasteiger partial charge in [-0.1, -0.05) is 29.8 Å². The lowest BCUT2D eigenvalue weighted by molar-refractivity contribution is 0.0443. The molecular weight excluding hydrogens is 366 g/mol. The number of ether oxygens (including phenoxy) is 2. The van der Waals surface area contributed by atoms with Crippen LogP contribution in [0.1, 0.15) is 27.4 Å². The minimum Gasteiger partial charge on any atom is -0.490 e. The monoisotopic (exact) mass is 385 g/mol. The maximum absolute atomic E-state index is 12.4. The number of esters is 1. The van der Waals surface area contributed by atoms with E-state index < -0.39 is 5.97 Å². The van der Waals surface area contributed by atoms with Crippen LogP contribution in [0.3, 0.4) is 0 Å². The van der Waals surface area contributed by atoms with Crippen LogP contribution < -0.4 is 4.74 Å². The first-order valence-corrected chi connectivity index (χ1v) is 8.89. The van der Waals surface area contributed by atoms with E-state index in [1.54, 1.807) is 16.8 Å². The second-order valence-electron chi connectivity index (χ2n) is 6.09. The summed E-state index contributed by atoms with van der Waals surface area (Å²) in [4.78, 5) is 16.7. The first kappa shape index (κ1) is 18.9. The van der Waals surface area contributed by atoms with E-state index in [9.17, 15) is 4.79 Å². The Hall–Kier alpha value is -2.86. The van der Waals surface area contributed by atoms with Crippen molar-refractivity contribution in [1.29, 1.82) is 0 Å². The molecule has 0 radical (unpaired) electrons. The number of aryl methyl sites for hydroxylation is 3. The highest BCUT2D eigenvalue weighted by atomic mass is 35.5. The van der Waals surface area contributed by atoms with Gasteiger partial charge in [0.25, 0.3) is 0 Å². The lowest BCUT2D eigenvalue weighted by atomic mass is 10.2. The van der Waals surface area contributed by atoms with Gasteiger partial charge in [0.2, 0.25) is 0 Å². The molecule has 3 rings (SSSR count). The summed E-state index contributed by atoms with van der Waals surface area (Å²) in [6, 6.07) is 12.9. The molecule has 1 aromatic carbocycles. The molecule has 0 saturated heterocycles. The number of halogens is 1. The van der Waals surface area contributed by atoms with Crippen LogP contribution in [0.25, 0.3) is 5.82 Å². The van der Waals surface area contributed by atoms with Crippen molar-refractivity contribution in [2.24, 2.45) is 0 Å². The lowest BCUT2D eigenvalue weighted by Crippen LogP contribution is -2.15. The van der Waals surface area contributed by atoms with E-state index in [-0.39, 0.29) is 23.9 Å². The van der Waals surface area contributed by atoms with Gasteiger partial charge in [-0.15, -0.1) is 0 Å². The Bertz CT molecular complexity index is 969. The number of aromatic nitrogens is 3. The van der Waals surface area contributed by atoms with Gasteiger partial charge in [-0.05, 0) is 50.6 Å². The van der Waals surface area contributed by atoms with Gasteiger partial charge in [-0.2, -0.15) is 5.10 Å². The first-order valence-electron chi connectivity index (χ1n) is 8.51. The average molecular weight is 386 g/mol. The molecule has 0 atom stereocenters. The van der Waals surface area contributed by atoms with Crippen LogP contribution in [-0.2, 0) is 4.74 Å². The minimum atomic E-state index is -0.600. The van der Waals surface area contributed by atoms with Crippen LogP contribution in [0.15, 0.2) is 42.5 Å². The maximum Gasteiger partial charge on any atom is 0.358 e. The first-order chi connectivity index (χ1) is 13.0. The quantitative estimate of drug-likeness (QED) is 0.472. The van der Waals surface area contributed by atoms with Gasteiger partial charge < -0.3 is 9.47 Å². The van der Waals surface area contributed by atoms with Crippen LogP contribution in [0.4, 0.5) is 0 Å². The molecule has 3 aromatic rings. The fourth-order valence-electron chi connectivity index (χ4n) is 2.63. The van der Waals surface area contributed by atoms with Gasteiger partial charge in [0.1, 0.15) is 19.0 Å². The van der Waals surface area contributed by atoms with Crippen molar-refractivity contribution in [2.45, 2.75) is 20.8 Å². The molecule has 0 unspecified atom stereocenters. The summed E-state index contributed by atoms with van der Waals surface area (Å²) >= 11 is 6.13. The Morgan fingerprint density at radius 1 is 1.11 bits per heavy atom. The minimum absolute atomic E-state index is 0.0533. The zero-order valence-electron chi connectivity index (χ0n) is 15.4. The molecule has 0 bridgehead atoms. The lowest BCUT2D eigenvalue weighted by Gasteiger charge is -2.10. The highest BCUT2D eigenvalue weighted by Crippen LogP contribution is 2.19. The van der Waals surface area contributed by atoms with E-state index in [0.717, 1.165) is 22.7 Å². The molecule has 2 aromatic heterocycles. The van der Waals surface area contributed by atoms with E-state index in [2.05, 4.69) is 10.1 Å². The third-order valence-electron chi connectivity index (χ3n) is 3.92. The highest BCUT2D eigenvalue weighted by Gasteiger charge is 2.16. The van der Waals surface area contributed by atoms with Crippen LogP contribution in [0.5, 0.6) is 5.75 Å². The number of hydrogen-bond acceptors (Lipinski definition) is 5. The van der Waals surface area contributed by atoms with Gasteiger partial charge in [-0.25, -0.2) is 14.5 Å². The molecule has 6 nitrogen and oxygen atoms in total. The van der Waals surface area contributed by atoms with E-state index in [0.29, 0.717) is 5.82 Å². The largest absolute Gasteiger partial charge is 0.490 e. The topological polar surface area (TPSA) is 66.2 Å². The Morgan fingerprint density at radius 2 is 1.89 bits per heavy atom. The second-order valence-corrected chi connectivity index (χ2v) is 6.50. The van der Waals surface area contributed by atoms with Crippen molar-refractivity contribution in [3.8, 4) is 11.6 Å². The summed E-state index contributed by atoms with van der Waals surface area (Å²) in [5, 5.41) is 4.59. The molecule has 0 amide bonds. The zero-order valence-corrected chi connectivity index (χ0v) is 16.2. The zero-order chi connectivity index (χ0) is 19.4. The van der Waals surface area contributed by atoms with Crippen molar-refractivity contribution in [2.75, 3.05) is 13.2 Å². The number of carbonyl (C=O) groups excluding carboxylic acids is 1. The van der Waals surface area contributed by atoms with Crippen molar-refractivity contribution < 1.29 is 14.3 Å². The fraction of sp³-hybridized carbons (Fsp3) is 0.250. The Morgan fingerprint density at radius 3 is 2.59 bits per heavy atom. The molecule has 0 N–H and O–H groups in total. The van der Waals surface area contributed by atoms with E-state index in [1.807, 2.05) is 51.1 Å². The van der Waals surface area contributed by atoms with Crippen LogP contribution in [0, 0.1) is 20.8 Å². The van der Waals surface area contributed by atoms with Gasteiger partial charge in [0, 0.05) is 5.69 Å². The van der Waals surface area contributed by atoms with Gasteiger partial charge in [0.05, 0.1) is 10.7 Å². The van der Waals surface area contributed by atoms with Crippen molar-refractivity contribution in [1.82, 2.24) is 14.8 Å². The number of nitrogens with zero attached hydrogens (tertiary/aromatic N) is 3.